The van der Waals surface area contributed by atoms with E-state index in [0.717, 1.165) is 5.56 Å². The Morgan fingerprint density at radius 1 is 1.19 bits per heavy atom. The molecule has 0 unspecified atom stereocenters. The third-order valence-electron chi connectivity index (χ3n) is 3.02. The zero-order valence-electron chi connectivity index (χ0n) is 11.9. The molecule has 1 aromatic carbocycles. The summed E-state index contributed by atoms with van der Waals surface area (Å²) in [4.78, 5) is 0. The fourth-order valence-electron chi connectivity index (χ4n) is 1.82. The highest BCUT2D eigenvalue weighted by Crippen LogP contribution is 2.16. The zero-order chi connectivity index (χ0) is 15.5. The number of nitrogens with zero attached hydrogens (tertiary/aromatic N) is 2. The first-order valence-electron chi connectivity index (χ1n) is 6.55. The van der Waals surface area contributed by atoms with E-state index in [1.54, 1.807) is 6.07 Å². The highest BCUT2D eigenvalue weighted by Gasteiger charge is 2.09. The van der Waals surface area contributed by atoms with Gasteiger partial charge in [-0.15, -0.1) is 10.2 Å². The van der Waals surface area contributed by atoms with Gasteiger partial charge >= 0.3 is 0 Å². The summed E-state index contributed by atoms with van der Waals surface area (Å²) in [5.41, 5.74) is 2.39. The third kappa shape index (κ3) is 4.24. The molecule has 0 aliphatic carbocycles. The topological polar surface area (TPSA) is 98.0 Å². The van der Waals surface area contributed by atoms with E-state index in [-0.39, 0.29) is 5.03 Å². The number of hydrogen-bond acceptors (Lipinski definition) is 5. The second-order valence-corrected chi connectivity index (χ2v) is 6.56. The lowest BCUT2D eigenvalue weighted by atomic mass is 10.0. The molecule has 6 nitrogen and oxygen atoms in total. The fraction of sp³-hybridized carbons (Fsp3) is 0.286. The minimum atomic E-state index is -3.80. The Morgan fingerprint density at radius 2 is 1.95 bits per heavy atom. The number of rotatable bonds is 5. The second kappa shape index (κ2) is 6.19. The summed E-state index contributed by atoms with van der Waals surface area (Å²) >= 11 is 0. The summed E-state index contributed by atoms with van der Waals surface area (Å²) in [6.45, 7) is 4.87. The van der Waals surface area contributed by atoms with Crippen molar-refractivity contribution in [3.63, 3.8) is 0 Å². The normalized spacial score (nSPS) is 11.6. The van der Waals surface area contributed by atoms with Crippen LogP contribution in [0.5, 0.6) is 0 Å². The molecule has 0 saturated carbocycles. The van der Waals surface area contributed by atoms with Gasteiger partial charge in [0.15, 0.2) is 5.03 Å². The number of sulfonamides is 1. The monoisotopic (exact) mass is 306 g/mol. The van der Waals surface area contributed by atoms with Gasteiger partial charge in [0.05, 0.1) is 0 Å². The highest BCUT2D eigenvalue weighted by molar-refractivity contribution is 7.89. The molecule has 21 heavy (non-hydrogen) atoms. The van der Waals surface area contributed by atoms with Crippen molar-refractivity contribution in [3.05, 3.63) is 47.5 Å². The minimum Gasteiger partial charge on any atom is -0.365 e. The van der Waals surface area contributed by atoms with Crippen LogP contribution in [-0.2, 0) is 16.6 Å². The van der Waals surface area contributed by atoms with E-state index in [9.17, 15) is 8.42 Å². The molecule has 0 aliphatic rings. The molecule has 3 N–H and O–H groups in total. The van der Waals surface area contributed by atoms with E-state index in [2.05, 4.69) is 41.5 Å². The van der Waals surface area contributed by atoms with Crippen molar-refractivity contribution in [3.8, 4) is 0 Å². The molecule has 2 rings (SSSR count). The first-order chi connectivity index (χ1) is 9.86. The molecule has 0 aliphatic heterocycles. The smallest absolute Gasteiger partial charge is 0.257 e. The van der Waals surface area contributed by atoms with Crippen LogP contribution in [0.15, 0.2) is 41.4 Å². The largest absolute Gasteiger partial charge is 0.365 e. The average molecular weight is 306 g/mol. The summed E-state index contributed by atoms with van der Waals surface area (Å²) in [6, 6.07) is 11.1. The summed E-state index contributed by atoms with van der Waals surface area (Å²) in [7, 11) is -3.80. The van der Waals surface area contributed by atoms with Gasteiger partial charge < -0.3 is 5.32 Å². The maximum Gasteiger partial charge on any atom is 0.257 e. The van der Waals surface area contributed by atoms with Crippen molar-refractivity contribution in [1.29, 1.82) is 0 Å². The van der Waals surface area contributed by atoms with E-state index in [0.29, 0.717) is 18.3 Å². The molecule has 112 valence electrons. The van der Waals surface area contributed by atoms with Crippen molar-refractivity contribution >= 4 is 15.8 Å². The molecule has 0 fully saturated rings. The molecule has 0 atom stereocenters. The van der Waals surface area contributed by atoms with Crippen LogP contribution in [0.4, 0.5) is 5.82 Å². The Hall–Kier alpha value is -1.99. The predicted octanol–water partition coefficient (Wildman–Crippen LogP) is 1.86. The summed E-state index contributed by atoms with van der Waals surface area (Å²) in [6.07, 6.45) is 0. The maximum absolute atomic E-state index is 11.1. The molecule has 0 amide bonds. The molecule has 2 aromatic rings. The number of nitrogens with one attached hydrogen (secondary N) is 1. The van der Waals surface area contributed by atoms with Gasteiger partial charge in [-0.2, -0.15) is 0 Å². The van der Waals surface area contributed by atoms with Gasteiger partial charge in [0, 0.05) is 6.54 Å². The minimum absolute atomic E-state index is 0.241. The molecule has 0 spiro atoms. The van der Waals surface area contributed by atoms with E-state index in [1.165, 1.54) is 11.6 Å². The maximum atomic E-state index is 11.1. The first-order valence-corrected chi connectivity index (χ1v) is 8.10. The second-order valence-electron chi connectivity index (χ2n) is 5.06. The van der Waals surface area contributed by atoms with E-state index >= 15 is 0 Å². The Labute approximate surface area is 124 Å². The number of nitrogens with two attached hydrogens (primary N) is 1. The van der Waals surface area contributed by atoms with Gasteiger partial charge in [0.1, 0.15) is 5.82 Å². The van der Waals surface area contributed by atoms with Gasteiger partial charge in [0.2, 0.25) is 0 Å². The van der Waals surface area contributed by atoms with Crippen molar-refractivity contribution in [2.75, 3.05) is 5.32 Å². The molecule has 1 aromatic heterocycles. The predicted molar refractivity (Wildman–Crippen MR) is 81.3 cm³/mol. The molecule has 0 bridgehead atoms. The number of anilines is 1. The SMILES string of the molecule is CC(C)c1cccc(CNc2ccc(S(N)(=O)=O)nn2)c1. The fourth-order valence-corrected chi connectivity index (χ4v) is 2.23. The molecular formula is C14H18N4O2S. The Morgan fingerprint density at radius 3 is 2.52 bits per heavy atom. The van der Waals surface area contributed by atoms with E-state index in [4.69, 9.17) is 5.14 Å². The summed E-state index contributed by atoms with van der Waals surface area (Å²) < 4.78 is 22.2. The summed E-state index contributed by atoms with van der Waals surface area (Å²) in [5.74, 6) is 0.969. The standard InChI is InChI=1S/C14H18N4O2S/c1-10(2)12-5-3-4-11(8-12)9-16-13-6-7-14(18-17-13)21(15,19)20/h3-8,10H,9H2,1-2H3,(H,16,17)(H2,15,19,20). The quantitative estimate of drug-likeness (QED) is 0.878. The molecule has 0 radical (unpaired) electrons. The van der Waals surface area contributed by atoms with Gasteiger partial charge in [-0.3, -0.25) is 0 Å². The van der Waals surface area contributed by atoms with Crippen LogP contribution in [0.1, 0.15) is 30.9 Å². The van der Waals surface area contributed by atoms with Crippen molar-refractivity contribution in [2.24, 2.45) is 5.14 Å². The average Bonchev–Trinajstić information content (AvgIpc) is 2.45. The van der Waals surface area contributed by atoms with Crippen LogP contribution in [-0.4, -0.2) is 18.6 Å². The van der Waals surface area contributed by atoms with E-state index in [1.807, 2.05) is 12.1 Å². The molecule has 7 heteroatoms. The van der Waals surface area contributed by atoms with Gasteiger partial charge in [-0.1, -0.05) is 38.1 Å². The van der Waals surface area contributed by atoms with Crippen LogP contribution in [0.2, 0.25) is 0 Å². The van der Waals surface area contributed by atoms with Crippen LogP contribution in [0, 0.1) is 0 Å². The number of benzene rings is 1. The van der Waals surface area contributed by atoms with Crippen molar-refractivity contribution in [1.82, 2.24) is 10.2 Å². The Balaban J connectivity index is 2.05. The first kappa shape index (κ1) is 15.4. The van der Waals surface area contributed by atoms with Crippen molar-refractivity contribution < 1.29 is 8.42 Å². The third-order valence-corrected chi connectivity index (χ3v) is 3.82. The van der Waals surface area contributed by atoms with Crippen molar-refractivity contribution in [2.45, 2.75) is 31.3 Å². The van der Waals surface area contributed by atoms with Gasteiger partial charge in [0.25, 0.3) is 10.0 Å². The lowest BCUT2D eigenvalue weighted by Gasteiger charge is -2.09. The highest BCUT2D eigenvalue weighted by atomic mass is 32.2. The zero-order valence-corrected chi connectivity index (χ0v) is 12.8. The van der Waals surface area contributed by atoms with E-state index < -0.39 is 10.0 Å². The Bertz CT molecular complexity index is 712. The Kier molecular flexibility index (Phi) is 4.54. The number of aromatic nitrogens is 2. The lowest BCUT2D eigenvalue weighted by molar-refractivity contribution is 0.592. The van der Waals surface area contributed by atoms with Gasteiger partial charge in [-0.25, -0.2) is 13.6 Å². The molecular weight excluding hydrogens is 288 g/mol. The number of hydrogen-bond donors (Lipinski definition) is 2. The van der Waals surface area contributed by atoms with Gasteiger partial charge in [-0.05, 0) is 29.2 Å². The van der Waals surface area contributed by atoms with Crippen LogP contribution in [0.3, 0.4) is 0 Å². The van der Waals surface area contributed by atoms with Crippen LogP contribution >= 0.6 is 0 Å². The molecule has 0 saturated heterocycles. The summed E-state index contributed by atoms with van der Waals surface area (Å²) in [5, 5.41) is 15.2. The van der Waals surface area contributed by atoms with Crippen LogP contribution < -0.4 is 10.5 Å². The number of primary sulfonamides is 1. The lowest BCUT2D eigenvalue weighted by Crippen LogP contribution is -2.15. The molecule has 1 heterocycles. The van der Waals surface area contributed by atoms with Crippen LogP contribution in [0.25, 0.3) is 0 Å².